The number of amides is 1. The first-order chi connectivity index (χ1) is 14.6. The van der Waals surface area contributed by atoms with Gasteiger partial charge in [-0.3, -0.25) is 4.79 Å². The van der Waals surface area contributed by atoms with E-state index in [1.807, 2.05) is 29.2 Å². The van der Waals surface area contributed by atoms with E-state index in [1.165, 1.54) is 24.1 Å². The predicted molar refractivity (Wildman–Crippen MR) is 128 cm³/mol. The van der Waals surface area contributed by atoms with Crippen molar-refractivity contribution in [3.63, 3.8) is 0 Å². The Bertz CT molecular complexity index is 898. The van der Waals surface area contributed by atoms with Crippen molar-refractivity contribution in [2.45, 2.75) is 39.2 Å². The molecule has 0 spiro atoms. The molecule has 2 heterocycles. The fourth-order valence-electron chi connectivity index (χ4n) is 4.28. The van der Waals surface area contributed by atoms with Crippen molar-refractivity contribution in [3.05, 3.63) is 54.1 Å². The van der Waals surface area contributed by atoms with E-state index in [2.05, 4.69) is 46.7 Å². The summed E-state index contributed by atoms with van der Waals surface area (Å²) in [4.78, 5) is 16.3. The van der Waals surface area contributed by atoms with Crippen LogP contribution in [0.15, 0.2) is 48.5 Å². The van der Waals surface area contributed by atoms with E-state index in [4.69, 9.17) is 12.2 Å². The second kappa shape index (κ2) is 9.47. The van der Waals surface area contributed by atoms with Crippen LogP contribution in [0.25, 0.3) is 0 Å². The maximum atomic E-state index is 12.0. The summed E-state index contributed by atoms with van der Waals surface area (Å²) in [6.45, 7) is 6.09. The van der Waals surface area contributed by atoms with Gasteiger partial charge in [0.05, 0.1) is 0 Å². The largest absolute Gasteiger partial charge is 0.371 e. The Balaban J connectivity index is 1.29. The van der Waals surface area contributed by atoms with Crippen LogP contribution in [-0.2, 0) is 11.3 Å². The van der Waals surface area contributed by atoms with Crippen LogP contribution < -0.4 is 20.4 Å². The molecule has 0 bridgehead atoms. The highest BCUT2D eigenvalue weighted by Crippen LogP contribution is 2.25. The number of carbonyl (C=O) groups is 1. The maximum Gasteiger partial charge on any atom is 0.227 e. The topological polar surface area (TPSA) is 47.6 Å². The van der Waals surface area contributed by atoms with Gasteiger partial charge in [-0.15, -0.1) is 0 Å². The van der Waals surface area contributed by atoms with Crippen molar-refractivity contribution in [2.24, 2.45) is 5.92 Å². The number of hydrogen-bond donors (Lipinski definition) is 2. The molecular formula is C24H30N4OS. The van der Waals surface area contributed by atoms with E-state index in [9.17, 15) is 4.79 Å². The van der Waals surface area contributed by atoms with E-state index in [1.54, 1.807) is 0 Å². The van der Waals surface area contributed by atoms with Gasteiger partial charge in [-0.2, -0.15) is 0 Å². The Morgan fingerprint density at radius 3 is 2.67 bits per heavy atom. The van der Waals surface area contributed by atoms with Crippen LogP contribution in [-0.4, -0.2) is 30.7 Å². The molecule has 0 aromatic heterocycles. The van der Waals surface area contributed by atoms with Gasteiger partial charge in [0, 0.05) is 49.7 Å². The highest BCUT2D eigenvalue weighted by atomic mass is 32.1. The number of benzene rings is 2. The van der Waals surface area contributed by atoms with Gasteiger partial charge >= 0.3 is 0 Å². The summed E-state index contributed by atoms with van der Waals surface area (Å²) in [7, 11) is 0. The molecule has 158 valence electrons. The zero-order valence-corrected chi connectivity index (χ0v) is 18.4. The van der Waals surface area contributed by atoms with Gasteiger partial charge < -0.3 is 20.4 Å². The summed E-state index contributed by atoms with van der Waals surface area (Å²) in [5.41, 5.74) is 4.32. The van der Waals surface area contributed by atoms with Gasteiger partial charge in [0.25, 0.3) is 0 Å². The fourth-order valence-corrected chi connectivity index (χ4v) is 4.47. The quantitative estimate of drug-likeness (QED) is 0.693. The minimum Gasteiger partial charge on any atom is -0.371 e. The van der Waals surface area contributed by atoms with Crippen LogP contribution in [0.5, 0.6) is 0 Å². The Kier molecular flexibility index (Phi) is 6.53. The molecule has 0 radical (unpaired) electrons. The number of carbonyl (C=O) groups excluding carboxylic acids is 1. The van der Waals surface area contributed by atoms with Crippen LogP contribution >= 0.6 is 12.2 Å². The lowest BCUT2D eigenvalue weighted by Gasteiger charge is -2.32. The molecule has 6 heteroatoms. The average molecular weight is 423 g/mol. The highest BCUT2D eigenvalue weighted by Gasteiger charge is 2.21. The minimum atomic E-state index is 0.190. The minimum absolute atomic E-state index is 0.190. The molecule has 4 rings (SSSR count). The number of piperidine rings is 1. The second-order valence-electron chi connectivity index (χ2n) is 8.37. The molecule has 0 aliphatic carbocycles. The van der Waals surface area contributed by atoms with Crippen LogP contribution in [0.2, 0.25) is 0 Å². The predicted octanol–water partition coefficient (Wildman–Crippen LogP) is 4.54. The van der Waals surface area contributed by atoms with Gasteiger partial charge in [-0.25, -0.2) is 0 Å². The van der Waals surface area contributed by atoms with E-state index in [-0.39, 0.29) is 5.91 Å². The van der Waals surface area contributed by atoms with Crippen molar-refractivity contribution in [1.82, 2.24) is 5.32 Å². The van der Waals surface area contributed by atoms with Gasteiger partial charge in [0.15, 0.2) is 5.11 Å². The van der Waals surface area contributed by atoms with E-state index >= 15 is 0 Å². The highest BCUT2D eigenvalue weighted by molar-refractivity contribution is 7.80. The molecule has 2 aromatic carbocycles. The fraction of sp³-hybridized carbons (Fsp3) is 0.417. The zero-order chi connectivity index (χ0) is 20.9. The normalized spacial score (nSPS) is 19.1. The molecular weight excluding hydrogens is 392 g/mol. The third kappa shape index (κ3) is 5.11. The standard InChI is InChI=1S/C24H30N4OS/c1-18-5-3-13-27(17-18)21-11-9-19(10-12-21)16-25-24(30)26-20-6-2-7-22(15-20)28-14-4-8-23(28)29/h2,6-7,9-12,15,18H,3-5,8,13-14,16-17H2,1H3,(H2,25,26,30)/t18-/m0/s1. The Hall–Kier alpha value is -2.60. The number of rotatable bonds is 5. The van der Waals surface area contributed by atoms with Crippen LogP contribution in [0, 0.1) is 5.92 Å². The Morgan fingerprint density at radius 1 is 1.10 bits per heavy atom. The van der Waals surface area contributed by atoms with Crippen molar-refractivity contribution in [3.8, 4) is 0 Å². The molecule has 30 heavy (non-hydrogen) atoms. The lowest BCUT2D eigenvalue weighted by atomic mass is 9.99. The molecule has 2 N–H and O–H groups in total. The zero-order valence-electron chi connectivity index (χ0n) is 17.6. The first kappa shape index (κ1) is 20.7. The van der Waals surface area contributed by atoms with Crippen LogP contribution in [0.3, 0.4) is 0 Å². The molecule has 5 nitrogen and oxygen atoms in total. The number of nitrogens with one attached hydrogen (secondary N) is 2. The molecule has 2 saturated heterocycles. The summed E-state index contributed by atoms with van der Waals surface area (Å²) in [5.74, 6) is 0.959. The molecule has 1 atom stereocenters. The van der Waals surface area contributed by atoms with Gasteiger partial charge in [-0.1, -0.05) is 25.1 Å². The number of anilines is 3. The van der Waals surface area contributed by atoms with Crippen LogP contribution in [0.1, 0.15) is 38.2 Å². The monoisotopic (exact) mass is 422 g/mol. The van der Waals surface area contributed by atoms with Crippen LogP contribution in [0.4, 0.5) is 17.1 Å². The average Bonchev–Trinajstić information content (AvgIpc) is 3.19. The molecule has 2 aliphatic rings. The van der Waals surface area contributed by atoms with Crippen molar-refractivity contribution < 1.29 is 4.79 Å². The Labute approximate surface area is 184 Å². The first-order valence-corrected chi connectivity index (χ1v) is 11.3. The Morgan fingerprint density at radius 2 is 1.93 bits per heavy atom. The summed E-state index contributed by atoms with van der Waals surface area (Å²) in [5, 5.41) is 7.09. The number of nitrogens with zero attached hydrogens (tertiary/aromatic N) is 2. The third-order valence-corrected chi connectivity index (χ3v) is 6.15. The van der Waals surface area contributed by atoms with E-state index in [0.29, 0.717) is 18.1 Å². The molecule has 2 fully saturated rings. The van der Waals surface area contributed by atoms with Gasteiger partial charge in [-0.05, 0) is 73.3 Å². The molecule has 1 amide bonds. The van der Waals surface area contributed by atoms with Gasteiger partial charge in [0.1, 0.15) is 0 Å². The maximum absolute atomic E-state index is 12.0. The summed E-state index contributed by atoms with van der Waals surface area (Å²) < 4.78 is 0. The SMILES string of the molecule is C[C@H]1CCCN(c2ccc(CNC(=S)Nc3cccc(N4CCCC4=O)c3)cc2)C1. The van der Waals surface area contributed by atoms with Crippen molar-refractivity contribution in [2.75, 3.05) is 34.8 Å². The summed E-state index contributed by atoms with van der Waals surface area (Å²) in [6, 6.07) is 16.6. The molecule has 0 saturated carbocycles. The lowest BCUT2D eigenvalue weighted by molar-refractivity contribution is -0.117. The molecule has 2 aliphatic heterocycles. The van der Waals surface area contributed by atoms with E-state index < -0.39 is 0 Å². The third-order valence-electron chi connectivity index (χ3n) is 5.90. The number of thiocarbonyl (C=S) groups is 1. The number of hydrogen-bond acceptors (Lipinski definition) is 3. The molecule has 0 unspecified atom stereocenters. The first-order valence-electron chi connectivity index (χ1n) is 10.9. The molecule has 2 aromatic rings. The summed E-state index contributed by atoms with van der Waals surface area (Å²) >= 11 is 5.47. The lowest BCUT2D eigenvalue weighted by Crippen LogP contribution is -2.34. The summed E-state index contributed by atoms with van der Waals surface area (Å²) in [6.07, 6.45) is 4.16. The van der Waals surface area contributed by atoms with E-state index in [0.717, 1.165) is 43.3 Å². The van der Waals surface area contributed by atoms with Crippen molar-refractivity contribution >= 4 is 40.3 Å². The van der Waals surface area contributed by atoms with Gasteiger partial charge in [0.2, 0.25) is 5.91 Å². The smallest absolute Gasteiger partial charge is 0.227 e. The van der Waals surface area contributed by atoms with Crippen molar-refractivity contribution in [1.29, 1.82) is 0 Å². The second-order valence-corrected chi connectivity index (χ2v) is 8.78.